The summed E-state index contributed by atoms with van der Waals surface area (Å²) in [5, 5.41) is 13.6. The first-order valence-electron chi connectivity index (χ1n) is 8.29. The molecule has 124 valence electrons. The number of hydrogen-bond acceptors (Lipinski definition) is 5. The number of amides is 1. The molecule has 2 heterocycles. The number of rotatable bonds is 3. The van der Waals surface area contributed by atoms with Crippen LogP contribution >= 0.6 is 23.1 Å². The summed E-state index contributed by atoms with van der Waals surface area (Å²) in [7, 11) is 0. The topological polar surface area (TPSA) is 69.0 Å². The Kier molecular flexibility index (Phi) is 5.39. The summed E-state index contributed by atoms with van der Waals surface area (Å²) in [6.45, 7) is 1.64. The van der Waals surface area contributed by atoms with Crippen molar-refractivity contribution in [2.45, 2.75) is 51.0 Å². The molecule has 0 unspecified atom stereocenters. The first-order chi connectivity index (χ1) is 11.2. The highest BCUT2D eigenvalue weighted by Gasteiger charge is 2.27. The number of piperidine rings is 1. The van der Waals surface area contributed by atoms with Gasteiger partial charge < -0.3 is 10.2 Å². The molecule has 1 saturated heterocycles. The van der Waals surface area contributed by atoms with E-state index in [-0.39, 0.29) is 17.9 Å². The molecule has 7 heteroatoms. The van der Waals surface area contributed by atoms with E-state index in [0.29, 0.717) is 10.7 Å². The van der Waals surface area contributed by atoms with Gasteiger partial charge in [0.15, 0.2) is 5.15 Å². The molecule has 3 rings (SSSR count). The minimum atomic E-state index is 0.215. The monoisotopic (exact) mass is 352 g/mol. The molecule has 1 N–H and O–H groups in total. The Morgan fingerprint density at radius 3 is 2.61 bits per heavy atom. The molecular formula is C16H21ClN4OS. The van der Waals surface area contributed by atoms with Gasteiger partial charge in [-0.2, -0.15) is 9.64 Å². The van der Waals surface area contributed by atoms with E-state index in [1.54, 1.807) is 0 Å². The second kappa shape index (κ2) is 7.50. The van der Waals surface area contributed by atoms with Gasteiger partial charge in [-0.15, -0.1) is 0 Å². The van der Waals surface area contributed by atoms with Gasteiger partial charge >= 0.3 is 0 Å². The van der Waals surface area contributed by atoms with Crippen LogP contribution in [-0.4, -0.2) is 29.4 Å². The number of halogens is 1. The first-order valence-corrected chi connectivity index (χ1v) is 9.44. The van der Waals surface area contributed by atoms with Crippen molar-refractivity contribution in [2.24, 2.45) is 5.92 Å². The summed E-state index contributed by atoms with van der Waals surface area (Å²) in [4.78, 5) is 14.5. The van der Waals surface area contributed by atoms with Crippen molar-refractivity contribution >= 4 is 34.0 Å². The van der Waals surface area contributed by atoms with Crippen molar-refractivity contribution in [3.05, 3.63) is 10.7 Å². The van der Waals surface area contributed by atoms with E-state index in [2.05, 4.69) is 20.7 Å². The minimum absolute atomic E-state index is 0.215. The molecule has 0 aromatic carbocycles. The predicted molar refractivity (Wildman–Crippen MR) is 91.8 cm³/mol. The quantitative estimate of drug-likeness (QED) is 0.905. The number of nitriles is 1. The molecule has 0 atom stereocenters. The second-order valence-electron chi connectivity index (χ2n) is 6.37. The number of carbonyl (C=O) groups is 1. The smallest absolute Gasteiger partial charge is 0.223 e. The maximum atomic E-state index is 12.3. The van der Waals surface area contributed by atoms with Gasteiger partial charge in [-0.3, -0.25) is 4.79 Å². The van der Waals surface area contributed by atoms with Crippen molar-refractivity contribution in [3.63, 3.8) is 0 Å². The highest BCUT2D eigenvalue weighted by atomic mass is 35.5. The summed E-state index contributed by atoms with van der Waals surface area (Å²) in [6.07, 6.45) is 7.50. The molecule has 1 saturated carbocycles. The molecule has 2 fully saturated rings. The van der Waals surface area contributed by atoms with E-state index >= 15 is 0 Å². The molecule has 5 nitrogen and oxygen atoms in total. The van der Waals surface area contributed by atoms with Gasteiger partial charge in [-0.05, 0) is 37.2 Å². The number of anilines is 1. The SMILES string of the molecule is N#Cc1c(Cl)nsc1N1CCC(NC(=O)C2CCCCC2)CC1. The standard InChI is InChI=1S/C16H21ClN4OS/c17-14-13(10-18)16(23-20-14)21-8-6-12(7-9-21)19-15(22)11-4-2-1-3-5-11/h11-12H,1-9H2,(H,19,22). The van der Waals surface area contributed by atoms with Crippen LogP contribution in [0, 0.1) is 17.2 Å². The molecule has 0 spiro atoms. The van der Waals surface area contributed by atoms with E-state index in [4.69, 9.17) is 11.6 Å². The fraction of sp³-hybridized carbons (Fsp3) is 0.688. The van der Waals surface area contributed by atoms with Gasteiger partial charge in [-0.25, -0.2) is 0 Å². The minimum Gasteiger partial charge on any atom is -0.361 e. The Balaban J connectivity index is 1.52. The summed E-state index contributed by atoms with van der Waals surface area (Å²) < 4.78 is 4.06. The van der Waals surface area contributed by atoms with Crippen LogP contribution in [0.2, 0.25) is 5.15 Å². The van der Waals surface area contributed by atoms with E-state index in [1.165, 1.54) is 30.8 Å². The Morgan fingerprint density at radius 2 is 1.96 bits per heavy atom. The van der Waals surface area contributed by atoms with Crippen LogP contribution < -0.4 is 10.2 Å². The predicted octanol–water partition coefficient (Wildman–Crippen LogP) is 3.33. The van der Waals surface area contributed by atoms with Crippen LogP contribution in [0.5, 0.6) is 0 Å². The maximum Gasteiger partial charge on any atom is 0.223 e. The third kappa shape index (κ3) is 3.78. The third-order valence-electron chi connectivity index (χ3n) is 4.85. The molecule has 1 amide bonds. The van der Waals surface area contributed by atoms with Crippen molar-refractivity contribution < 1.29 is 4.79 Å². The van der Waals surface area contributed by atoms with Gasteiger partial charge in [0.1, 0.15) is 16.6 Å². The van der Waals surface area contributed by atoms with Crippen molar-refractivity contribution in [3.8, 4) is 6.07 Å². The molecule has 23 heavy (non-hydrogen) atoms. The van der Waals surface area contributed by atoms with Crippen molar-refractivity contribution in [1.29, 1.82) is 5.26 Å². The molecule has 1 aliphatic carbocycles. The van der Waals surface area contributed by atoms with Gasteiger partial charge in [0, 0.05) is 25.0 Å². The normalized spacial score (nSPS) is 20.3. The molecule has 1 aliphatic heterocycles. The number of hydrogen-bond donors (Lipinski definition) is 1. The summed E-state index contributed by atoms with van der Waals surface area (Å²) in [6, 6.07) is 2.38. The Bertz CT molecular complexity index is 598. The highest BCUT2D eigenvalue weighted by molar-refractivity contribution is 7.10. The molecular weight excluding hydrogens is 332 g/mol. The molecule has 2 aliphatic rings. The number of aromatic nitrogens is 1. The zero-order valence-corrected chi connectivity index (χ0v) is 14.6. The van der Waals surface area contributed by atoms with Crippen LogP contribution in [-0.2, 0) is 4.79 Å². The fourth-order valence-corrected chi connectivity index (χ4v) is 4.56. The Hall–Kier alpha value is -1.32. The lowest BCUT2D eigenvalue weighted by Gasteiger charge is -2.34. The molecule has 1 aromatic heterocycles. The number of carbonyl (C=O) groups excluding carboxylic acids is 1. The lowest BCUT2D eigenvalue weighted by Crippen LogP contribution is -2.46. The average Bonchev–Trinajstić information content (AvgIpc) is 2.97. The van der Waals surface area contributed by atoms with Crippen LogP contribution in [0.1, 0.15) is 50.5 Å². The average molecular weight is 353 g/mol. The van der Waals surface area contributed by atoms with Crippen LogP contribution in [0.3, 0.4) is 0 Å². The maximum absolute atomic E-state index is 12.3. The second-order valence-corrected chi connectivity index (χ2v) is 7.48. The van der Waals surface area contributed by atoms with E-state index in [0.717, 1.165) is 43.8 Å². The largest absolute Gasteiger partial charge is 0.361 e. The Morgan fingerprint density at radius 1 is 1.26 bits per heavy atom. The van der Waals surface area contributed by atoms with Crippen LogP contribution in [0.4, 0.5) is 5.00 Å². The summed E-state index contributed by atoms with van der Waals surface area (Å²) >= 11 is 7.22. The van der Waals surface area contributed by atoms with Gasteiger partial charge in [0.2, 0.25) is 5.91 Å². The van der Waals surface area contributed by atoms with Crippen LogP contribution in [0.25, 0.3) is 0 Å². The number of nitrogens with one attached hydrogen (secondary N) is 1. The third-order valence-corrected chi connectivity index (χ3v) is 6.13. The first kappa shape index (κ1) is 16.5. The molecule has 0 bridgehead atoms. The van der Waals surface area contributed by atoms with Crippen molar-refractivity contribution in [1.82, 2.24) is 9.69 Å². The zero-order valence-electron chi connectivity index (χ0n) is 13.1. The van der Waals surface area contributed by atoms with Gasteiger partial charge in [0.05, 0.1) is 0 Å². The van der Waals surface area contributed by atoms with Crippen molar-refractivity contribution in [2.75, 3.05) is 18.0 Å². The number of nitrogens with zero attached hydrogens (tertiary/aromatic N) is 3. The zero-order chi connectivity index (χ0) is 16.2. The lowest BCUT2D eigenvalue weighted by molar-refractivity contribution is -0.126. The van der Waals surface area contributed by atoms with Crippen LogP contribution in [0.15, 0.2) is 0 Å². The molecule has 1 aromatic rings. The van der Waals surface area contributed by atoms with Gasteiger partial charge in [0.25, 0.3) is 0 Å². The highest BCUT2D eigenvalue weighted by Crippen LogP contribution is 2.33. The lowest BCUT2D eigenvalue weighted by atomic mass is 9.88. The van der Waals surface area contributed by atoms with E-state index in [1.807, 2.05) is 0 Å². The van der Waals surface area contributed by atoms with E-state index in [9.17, 15) is 10.1 Å². The Labute approximate surface area is 145 Å². The fourth-order valence-electron chi connectivity index (χ4n) is 3.48. The summed E-state index contributed by atoms with van der Waals surface area (Å²) in [5.74, 6) is 0.453. The van der Waals surface area contributed by atoms with Gasteiger partial charge in [-0.1, -0.05) is 30.9 Å². The summed E-state index contributed by atoms with van der Waals surface area (Å²) in [5.41, 5.74) is 0.473. The molecule has 0 radical (unpaired) electrons. The van der Waals surface area contributed by atoms with E-state index < -0.39 is 0 Å².